The number of aromatic nitrogens is 1. The minimum absolute atomic E-state index is 0.0848. The average Bonchev–Trinajstić information content (AvgIpc) is 2.43. The van der Waals surface area contributed by atoms with Crippen LogP contribution < -0.4 is 15.5 Å². The van der Waals surface area contributed by atoms with Crippen LogP contribution in [0, 0.1) is 10.1 Å². The van der Waals surface area contributed by atoms with E-state index in [-0.39, 0.29) is 23.8 Å². The van der Waals surface area contributed by atoms with E-state index in [0.717, 1.165) is 0 Å². The SMILES string of the molecule is CNC(=O)CCN(C)c1nc(NC)ccc1[N+](=O)[O-]. The van der Waals surface area contributed by atoms with Crippen LogP contribution in [-0.2, 0) is 4.79 Å². The summed E-state index contributed by atoms with van der Waals surface area (Å²) in [6, 6.07) is 2.93. The van der Waals surface area contributed by atoms with Crippen LogP contribution in [0.4, 0.5) is 17.3 Å². The molecule has 0 spiro atoms. The third kappa shape index (κ3) is 3.80. The van der Waals surface area contributed by atoms with E-state index in [1.54, 1.807) is 26.0 Å². The van der Waals surface area contributed by atoms with E-state index < -0.39 is 4.92 Å². The van der Waals surface area contributed by atoms with Gasteiger partial charge in [0.2, 0.25) is 11.7 Å². The molecule has 8 nitrogen and oxygen atoms in total. The molecule has 2 N–H and O–H groups in total. The molecule has 1 amide bonds. The zero-order chi connectivity index (χ0) is 14.4. The highest BCUT2D eigenvalue weighted by Crippen LogP contribution is 2.26. The molecule has 1 aromatic heterocycles. The first-order chi connectivity index (χ1) is 8.99. The van der Waals surface area contributed by atoms with Crippen LogP contribution in [0.5, 0.6) is 0 Å². The Kier molecular flexibility index (Phi) is 5.04. The third-order valence-corrected chi connectivity index (χ3v) is 2.62. The topological polar surface area (TPSA) is 100 Å². The maximum atomic E-state index is 11.2. The van der Waals surface area contributed by atoms with Crippen LogP contribution in [0.15, 0.2) is 12.1 Å². The second-order valence-electron chi connectivity index (χ2n) is 3.89. The standard InChI is InChI=1S/C11H17N5O3/c1-12-9-5-4-8(16(18)19)11(14-9)15(3)7-6-10(17)13-2/h4-5H,6-7H2,1-3H3,(H,12,14)(H,13,17). The average molecular weight is 267 g/mol. The van der Waals surface area contributed by atoms with Crippen molar-refractivity contribution >= 4 is 23.2 Å². The van der Waals surface area contributed by atoms with Gasteiger partial charge in [-0.2, -0.15) is 0 Å². The zero-order valence-electron chi connectivity index (χ0n) is 11.1. The fourth-order valence-corrected chi connectivity index (χ4v) is 1.50. The number of carbonyl (C=O) groups is 1. The number of amides is 1. The molecule has 104 valence electrons. The minimum Gasteiger partial charge on any atom is -0.373 e. The number of nitrogens with zero attached hydrogens (tertiary/aromatic N) is 3. The van der Waals surface area contributed by atoms with Crippen LogP contribution in [0.2, 0.25) is 0 Å². The molecule has 0 saturated heterocycles. The maximum Gasteiger partial charge on any atom is 0.311 e. The van der Waals surface area contributed by atoms with Crippen molar-refractivity contribution in [3.63, 3.8) is 0 Å². The molecule has 1 rings (SSSR count). The van der Waals surface area contributed by atoms with Gasteiger partial charge < -0.3 is 15.5 Å². The quantitative estimate of drug-likeness (QED) is 0.578. The predicted molar refractivity (Wildman–Crippen MR) is 72.4 cm³/mol. The van der Waals surface area contributed by atoms with Gasteiger partial charge in [0.25, 0.3) is 0 Å². The van der Waals surface area contributed by atoms with E-state index >= 15 is 0 Å². The van der Waals surface area contributed by atoms with Gasteiger partial charge in [-0.15, -0.1) is 0 Å². The maximum absolute atomic E-state index is 11.2. The Morgan fingerprint density at radius 1 is 1.47 bits per heavy atom. The van der Waals surface area contributed by atoms with E-state index in [2.05, 4.69) is 15.6 Å². The normalized spacial score (nSPS) is 9.84. The molecule has 19 heavy (non-hydrogen) atoms. The fourth-order valence-electron chi connectivity index (χ4n) is 1.50. The van der Waals surface area contributed by atoms with E-state index in [1.807, 2.05) is 0 Å². The molecule has 0 saturated carbocycles. The number of hydrogen-bond donors (Lipinski definition) is 2. The first kappa shape index (κ1) is 14.7. The molecule has 8 heteroatoms. The van der Waals surface area contributed by atoms with Crippen molar-refractivity contribution in [2.24, 2.45) is 0 Å². The molecular weight excluding hydrogens is 250 g/mol. The lowest BCUT2D eigenvalue weighted by Crippen LogP contribution is -2.27. The molecule has 0 aliphatic rings. The number of nitro groups is 1. The Morgan fingerprint density at radius 2 is 2.16 bits per heavy atom. The molecule has 0 radical (unpaired) electrons. The summed E-state index contributed by atoms with van der Waals surface area (Å²) in [7, 11) is 4.89. The van der Waals surface area contributed by atoms with Gasteiger partial charge in [0, 0.05) is 40.2 Å². The first-order valence-corrected chi connectivity index (χ1v) is 5.74. The van der Waals surface area contributed by atoms with Crippen LogP contribution in [0.3, 0.4) is 0 Å². The minimum atomic E-state index is -0.488. The summed E-state index contributed by atoms with van der Waals surface area (Å²) in [4.78, 5) is 27.4. The summed E-state index contributed by atoms with van der Waals surface area (Å²) >= 11 is 0. The molecule has 0 bridgehead atoms. The summed E-state index contributed by atoms with van der Waals surface area (Å²) < 4.78 is 0. The largest absolute Gasteiger partial charge is 0.373 e. The van der Waals surface area contributed by atoms with Gasteiger partial charge in [-0.05, 0) is 6.07 Å². The fraction of sp³-hybridized carbons (Fsp3) is 0.455. The zero-order valence-corrected chi connectivity index (χ0v) is 11.1. The Balaban J connectivity index is 2.95. The molecule has 0 atom stereocenters. The van der Waals surface area contributed by atoms with Gasteiger partial charge in [-0.3, -0.25) is 14.9 Å². The summed E-state index contributed by atoms with van der Waals surface area (Å²) in [5, 5.41) is 16.3. The smallest absolute Gasteiger partial charge is 0.311 e. The van der Waals surface area contributed by atoms with Gasteiger partial charge in [0.1, 0.15) is 5.82 Å². The van der Waals surface area contributed by atoms with Gasteiger partial charge in [-0.25, -0.2) is 4.98 Å². The van der Waals surface area contributed by atoms with Crippen molar-refractivity contribution in [1.82, 2.24) is 10.3 Å². The monoisotopic (exact) mass is 267 g/mol. The van der Waals surface area contributed by atoms with Crippen molar-refractivity contribution in [1.29, 1.82) is 0 Å². The summed E-state index contributed by atoms with van der Waals surface area (Å²) in [6.45, 7) is 0.348. The molecule has 0 aromatic carbocycles. The van der Waals surface area contributed by atoms with Crippen LogP contribution in [0.25, 0.3) is 0 Å². The van der Waals surface area contributed by atoms with E-state index in [4.69, 9.17) is 0 Å². The summed E-state index contributed by atoms with van der Waals surface area (Å²) in [5.74, 6) is 0.646. The molecule has 0 aliphatic carbocycles. The highest BCUT2D eigenvalue weighted by atomic mass is 16.6. The highest BCUT2D eigenvalue weighted by molar-refractivity contribution is 5.76. The molecule has 1 heterocycles. The second kappa shape index (κ2) is 6.53. The Bertz CT molecular complexity index is 477. The van der Waals surface area contributed by atoms with E-state index in [1.165, 1.54) is 12.1 Å². The molecule has 0 unspecified atom stereocenters. The molecule has 1 aromatic rings. The number of hydrogen-bond acceptors (Lipinski definition) is 6. The number of carbonyl (C=O) groups excluding carboxylic acids is 1. The second-order valence-corrected chi connectivity index (χ2v) is 3.89. The van der Waals surface area contributed by atoms with Crippen molar-refractivity contribution < 1.29 is 9.72 Å². The number of rotatable bonds is 6. The number of anilines is 2. The molecule has 0 fully saturated rings. The third-order valence-electron chi connectivity index (χ3n) is 2.62. The lowest BCUT2D eigenvalue weighted by Gasteiger charge is -2.18. The first-order valence-electron chi connectivity index (χ1n) is 5.74. The van der Waals surface area contributed by atoms with Crippen molar-refractivity contribution in [2.75, 3.05) is 37.9 Å². The Labute approximate surface area is 111 Å². The van der Waals surface area contributed by atoms with Crippen LogP contribution in [-0.4, -0.2) is 43.5 Å². The van der Waals surface area contributed by atoms with Crippen molar-refractivity contribution in [3.05, 3.63) is 22.2 Å². The van der Waals surface area contributed by atoms with E-state index in [0.29, 0.717) is 12.4 Å². The molecular formula is C11H17N5O3. The lowest BCUT2D eigenvalue weighted by molar-refractivity contribution is -0.384. The van der Waals surface area contributed by atoms with Crippen LogP contribution in [0.1, 0.15) is 6.42 Å². The van der Waals surface area contributed by atoms with Crippen molar-refractivity contribution in [3.8, 4) is 0 Å². The lowest BCUT2D eigenvalue weighted by atomic mass is 10.3. The number of pyridine rings is 1. The Morgan fingerprint density at radius 3 is 2.68 bits per heavy atom. The number of nitrogens with one attached hydrogen (secondary N) is 2. The summed E-state index contributed by atoms with van der Waals surface area (Å²) in [5.41, 5.74) is -0.0848. The van der Waals surface area contributed by atoms with Gasteiger partial charge >= 0.3 is 5.69 Å². The van der Waals surface area contributed by atoms with E-state index in [9.17, 15) is 14.9 Å². The Hall–Kier alpha value is -2.38. The van der Waals surface area contributed by atoms with Gasteiger partial charge in [-0.1, -0.05) is 0 Å². The van der Waals surface area contributed by atoms with Gasteiger partial charge in [0.05, 0.1) is 4.92 Å². The van der Waals surface area contributed by atoms with Gasteiger partial charge in [0.15, 0.2) is 0 Å². The summed E-state index contributed by atoms with van der Waals surface area (Å²) in [6.07, 6.45) is 0.246. The van der Waals surface area contributed by atoms with Crippen LogP contribution >= 0.6 is 0 Å². The predicted octanol–water partition coefficient (Wildman–Crippen LogP) is 0.604. The molecule has 0 aliphatic heterocycles. The highest BCUT2D eigenvalue weighted by Gasteiger charge is 2.19. The van der Waals surface area contributed by atoms with Crippen molar-refractivity contribution in [2.45, 2.75) is 6.42 Å².